The maximum atomic E-state index is 12.2. The first-order valence-electron chi connectivity index (χ1n) is 7.29. The number of carbonyl (C=O) groups excluding carboxylic acids is 1. The molecule has 2 aromatic rings. The molecule has 3 rings (SSSR count). The zero-order valence-corrected chi connectivity index (χ0v) is 15.4. The predicted octanol–water partition coefficient (Wildman–Crippen LogP) is 4.52. The van der Waals surface area contributed by atoms with Gasteiger partial charge in [-0.2, -0.15) is 0 Å². The number of aromatic carboxylic acids is 1. The lowest BCUT2D eigenvalue weighted by Crippen LogP contribution is -2.27. The fraction of sp³-hybridized carbons (Fsp3) is 0.118. The average molecular weight is 394 g/mol. The van der Waals surface area contributed by atoms with Gasteiger partial charge in [-0.15, -0.1) is 0 Å². The molecule has 0 aliphatic carbocycles. The van der Waals surface area contributed by atoms with Crippen LogP contribution in [0.1, 0.15) is 23.0 Å². The molecule has 128 valence electrons. The van der Waals surface area contributed by atoms with Crippen molar-refractivity contribution < 1.29 is 19.1 Å². The molecule has 25 heavy (non-hydrogen) atoms. The summed E-state index contributed by atoms with van der Waals surface area (Å²) in [5.41, 5.74) is 0.587. The van der Waals surface area contributed by atoms with Gasteiger partial charge in [0.25, 0.3) is 5.91 Å². The molecule has 1 aliphatic heterocycles. The largest absolute Gasteiger partial charge is 0.478 e. The summed E-state index contributed by atoms with van der Waals surface area (Å²) in [5.74, 6) is -0.317. The first kappa shape index (κ1) is 17.7. The Bertz CT molecular complexity index is 919. The number of benzene rings is 1. The molecule has 1 N–H and O–H groups in total. The number of likely N-dealkylation sites (N-methyl/N-ethyl adjacent to an activating group) is 1. The molecule has 1 fully saturated rings. The van der Waals surface area contributed by atoms with Crippen molar-refractivity contribution >= 4 is 57.9 Å². The molecule has 2 heterocycles. The molecule has 8 heteroatoms. The molecule has 0 atom stereocenters. The lowest BCUT2D eigenvalue weighted by atomic mass is 10.1. The number of carboxylic acids is 1. The number of rotatable bonds is 4. The highest BCUT2D eigenvalue weighted by molar-refractivity contribution is 8.26. The van der Waals surface area contributed by atoms with Crippen LogP contribution in [-0.4, -0.2) is 32.7 Å². The van der Waals surface area contributed by atoms with Gasteiger partial charge in [0, 0.05) is 18.2 Å². The van der Waals surface area contributed by atoms with Crippen LogP contribution in [-0.2, 0) is 4.79 Å². The van der Waals surface area contributed by atoms with Crippen molar-refractivity contribution in [3.8, 4) is 11.3 Å². The Morgan fingerprint density at radius 1 is 1.40 bits per heavy atom. The number of carbonyl (C=O) groups is 2. The number of amides is 1. The van der Waals surface area contributed by atoms with E-state index in [2.05, 4.69) is 0 Å². The van der Waals surface area contributed by atoms with Gasteiger partial charge in [0.15, 0.2) is 0 Å². The summed E-state index contributed by atoms with van der Waals surface area (Å²) < 4.78 is 6.23. The molecule has 0 unspecified atom stereocenters. The quantitative estimate of drug-likeness (QED) is 0.608. The zero-order valence-electron chi connectivity index (χ0n) is 13.0. The number of nitrogens with zero attached hydrogens (tertiary/aromatic N) is 1. The number of hydrogen-bond acceptors (Lipinski definition) is 5. The predicted molar refractivity (Wildman–Crippen MR) is 102 cm³/mol. The Hall–Kier alpha value is -2.09. The van der Waals surface area contributed by atoms with E-state index in [1.165, 1.54) is 34.9 Å². The number of thiocarbonyl (C=S) groups is 1. The van der Waals surface area contributed by atoms with Gasteiger partial charge in [0.1, 0.15) is 15.8 Å². The van der Waals surface area contributed by atoms with Crippen LogP contribution in [0.15, 0.2) is 39.7 Å². The third-order valence-corrected chi connectivity index (χ3v) is 5.28. The molecule has 1 aliphatic rings. The number of furan rings is 1. The van der Waals surface area contributed by atoms with Crippen LogP contribution in [0.3, 0.4) is 0 Å². The Morgan fingerprint density at radius 3 is 2.80 bits per heavy atom. The Morgan fingerprint density at radius 2 is 2.16 bits per heavy atom. The van der Waals surface area contributed by atoms with Gasteiger partial charge < -0.3 is 9.52 Å². The number of hydrogen-bond donors (Lipinski definition) is 1. The minimum Gasteiger partial charge on any atom is -0.478 e. The summed E-state index contributed by atoms with van der Waals surface area (Å²) in [4.78, 5) is 25.3. The van der Waals surface area contributed by atoms with Crippen LogP contribution in [0, 0.1) is 0 Å². The first-order chi connectivity index (χ1) is 11.9. The Balaban J connectivity index is 1.93. The lowest BCUT2D eigenvalue weighted by Gasteiger charge is -2.09. The highest BCUT2D eigenvalue weighted by Crippen LogP contribution is 2.34. The molecule has 1 aromatic heterocycles. The lowest BCUT2D eigenvalue weighted by molar-refractivity contribution is -0.122. The Kier molecular flexibility index (Phi) is 4.99. The second-order valence-corrected chi connectivity index (χ2v) is 7.21. The van der Waals surface area contributed by atoms with Crippen LogP contribution in [0.25, 0.3) is 17.4 Å². The molecule has 0 saturated carbocycles. The van der Waals surface area contributed by atoms with Gasteiger partial charge in [0.2, 0.25) is 0 Å². The van der Waals surface area contributed by atoms with Gasteiger partial charge in [0.05, 0.1) is 15.5 Å². The zero-order chi connectivity index (χ0) is 18.1. The number of carboxylic acid groups (broad SMARTS) is 1. The van der Waals surface area contributed by atoms with E-state index in [0.717, 1.165) is 0 Å². The van der Waals surface area contributed by atoms with Crippen LogP contribution in [0.2, 0.25) is 5.02 Å². The van der Waals surface area contributed by atoms with Crippen LogP contribution >= 0.6 is 35.6 Å². The van der Waals surface area contributed by atoms with Gasteiger partial charge in [-0.25, -0.2) is 4.79 Å². The minimum absolute atomic E-state index is 0.112. The standard InChI is InChI=1S/C17H12ClNO4S2/c1-2-19-15(20)14(25-17(19)24)8-10-4-6-13(23-10)11-7-9(16(21)22)3-5-12(11)18/h3-8H,2H2,1H3,(H,21,22)/b14-8+. The average Bonchev–Trinajstić information content (AvgIpc) is 3.13. The third-order valence-electron chi connectivity index (χ3n) is 3.57. The monoisotopic (exact) mass is 393 g/mol. The second kappa shape index (κ2) is 7.03. The van der Waals surface area contributed by atoms with E-state index in [1.807, 2.05) is 6.92 Å². The Labute approximate surface area is 158 Å². The van der Waals surface area contributed by atoms with E-state index >= 15 is 0 Å². The normalized spacial score (nSPS) is 16.1. The van der Waals surface area contributed by atoms with Gasteiger partial charge in [-0.3, -0.25) is 9.69 Å². The molecular formula is C17H12ClNO4S2. The maximum absolute atomic E-state index is 12.2. The summed E-state index contributed by atoms with van der Waals surface area (Å²) in [7, 11) is 0. The van der Waals surface area contributed by atoms with E-state index < -0.39 is 5.97 Å². The van der Waals surface area contributed by atoms with Crippen molar-refractivity contribution in [1.82, 2.24) is 4.90 Å². The van der Waals surface area contributed by atoms with E-state index in [4.69, 9.17) is 33.3 Å². The van der Waals surface area contributed by atoms with Crippen molar-refractivity contribution in [2.45, 2.75) is 6.92 Å². The summed E-state index contributed by atoms with van der Waals surface area (Å²) >= 11 is 12.5. The third kappa shape index (κ3) is 3.49. The van der Waals surface area contributed by atoms with Crippen molar-refractivity contribution in [3.05, 3.63) is 51.6 Å². The van der Waals surface area contributed by atoms with E-state index in [1.54, 1.807) is 18.2 Å². The van der Waals surface area contributed by atoms with Crippen LogP contribution in [0.5, 0.6) is 0 Å². The molecule has 0 spiro atoms. The van der Waals surface area contributed by atoms with Crippen LogP contribution < -0.4 is 0 Å². The fourth-order valence-electron chi connectivity index (χ4n) is 2.32. The summed E-state index contributed by atoms with van der Waals surface area (Å²) in [5, 5.41) is 9.48. The molecule has 1 aromatic carbocycles. The summed E-state index contributed by atoms with van der Waals surface area (Å²) in [6.45, 7) is 2.37. The van der Waals surface area contributed by atoms with Gasteiger partial charge in [-0.1, -0.05) is 35.6 Å². The smallest absolute Gasteiger partial charge is 0.335 e. The topological polar surface area (TPSA) is 70.8 Å². The number of halogens is 1. The van der Waals surface area contributed by atoms with Gasteiger partial charge in [-0.05, 0) is 37.3 Å². The molecule has 0 radical (unpaired) electrons. The highest BCUT2D eigenvalue weighted by atomic mass is 35.5. The van der Waals surface area contributed by atoms with Crippen molar-refractivity contribution in [3.63, 3.8) is 0 Å². The maximum Gasteiger partial charge on any atom is 0.335 e. The van der Waals surface area contributed by atoms with E-state index in [-0.39, 0.29) is 11.5 Å². The number of thioether (sulfide) groups is 1. The highest BCUT2D eigenvalue weighted by Gasteiger charge is 2.30. The second-order valence-electron chi connectivity index (χ2n) is 5.13. The van der Waals surface area contributed by atoms with Crippen molar-refractivity contribution in [2.24, 2.45) is 0 Å². The molecule has 0 bridgehead atoms. The SMILES string of the molecule is CCN1C(=O)/C(=C\c2ccc(-c3cc(C(=O)O)ccc3Cl)o2)SC1=S. The van der Waals surface area contributed by atoms with Gasteiger partial charge >= 0.3 is 5.97 Å². The van der Waals surface area contributed by atoms with Crippen LogP contribution in [0.4, 0.5) is 0 Å². The summed E-state index contributed by atoms with van der Waals surface area (Å²) in [6.07, 6.45) is 1.62. The fourth-order valence-corrected chi connectivity index (χ4v) is 3.90. The molecule has 1 amide bonds. The molecular weight excluding hydrogens is 382 g/mol. The first-order valence-corrected chi connectivity index (χ1v) is 8.89. The molecule has 5 nitrogen and oxygen atoms in total. The minimum atomic E-state index is -1.05. The van der Waals surface area contributed by atoms with Crippen molar-refractivity contribution in [2.75, 3.05) is 6.54 Å². The van der Waals surface area contributed by atoms with E-state index in [9.17, 15) is 9.59 Å². The summed E-state index contributed by atoms with van der Waals surface area (Å²) in [6, 6.07) is 7.75. The van der Waals surface area contributed by atoms with Crippen molar-refractivity contribution in [1.29, 1.82) is 0 Å². The van der Waals surface area contributed by atoms with E-state index in [0.29, 0.717) is 37.9 Å². The molecule has 1 saturated heterocycles.